The van der Waals surface area contributed by atoms with Crippen LogP contribution in [0, 0.1) is 0 Å². The van der Waals surface area contributed by atoms with E-state index in [2.05, 4.69) is 31.3 Å². The van der Waals surface area contributed by atoms with Crippen molar-refractivity contribution in [3.05, 3.63) is 23.8 Å². The number of benzene rings is 1. The van der Waals surface area contributed by atoms with Crippen LogP contribution >= 0.6 is 0 Å². The number of carbonyl (C=O) groups excluding carboxylic acids is 1. The van der Waals surface area contributed by atoms with E-state index in [0.717, 1.165) is 31.5 Å². The molecule has 3 heterocycles. The van der Waals surface area contributed by atoms with Gasteiger partial charge in [-0.2, -0.15) is 0 Å². The summed E-state index contributed by atoms with van der Waals surface area (Å²) in [5.41, 5.74) is 0.678. The average Bonchev–Trinajstić information content (AvgIpc) is 3.02. The van der Waals surface area contributed by atoms with Gasteiger partial charge in [-0.3, -0.25) is 4.79 Å². The molecule has 108 valence electrons. The average molecular weight is 286 g/mol. The molecule has 1 aromatic carbocycles. The number of H-pyrrole nitrogens is 1. The third kappa shape index (κ3) is 2.04. The molecule has 1 spiro atoms. The van der Waals surface area contributed by atoms with Crippen LogP contribution in [0.15, 0.2) is 18.2 Å². The summed E-state index contributed by atoms with van der Waals surface area (Å²) in [4.78, 5) is 12.4. The van der Waals surface area contributed by atoms with Gasteiger partial charge in [0.05, 0.1) is 5.56 Å². The molecule has 8 heteroatoms. The molecule has 1 saturated heterocycles. The number of fused-ring (bicyclic) bond motifs is 1. The zero-order valence-electron chi connectivity index (χ0n) is 11.2. The highest BCUT2D eigenvalue weighted by Crippen LogP contribution is 2.34. The van der Waals surface area contributed by atoms with Gasteiger partial charge in [-0.15, -0.1) is 5.10 Å². The molecule has 8 nitrogen and oxygen atoms in total. The van der Waals surface area contributed by atoms with Crippen molar-refractivity contribution in [3.63, 3.8) is 0 Å². The summed E-state index contributed by atoms with van der Waals surface area (Å²) in [7, 11) is 0. The molecule has 0 aliphatic carbocycles. The molecule has 4 rings (SSSR count). The van der Waals surface area contributed by atoms with Crippen LogP contribution in [0.5, 0.6) is 5.75 Å². The minimum absolute atomic E-state index is 0.118. The predicted molar refractivity (Wildman–Crippen MR) is 72.5 cm³/mol. The van der Waals surface area contributed by atoms with E-state index in [9.17, 15) is 4.79 Å². The van der Waals surface area contributed by atoms with Gasteiger partial charge >= 0.3 is 0 Å². The Morgan fingerprint density at radius 2 is 2.10 bits per heavy atom. The molecule has 0 atom stereocenters. The summed E-state index contributed by atoms with van der Waals surface area (Å²) < 4.78 is 6.07. The van der Waals surface area contributed by atoms with Crippen molar-refractivity contribution in [2.75, 3.05) is 13.1 Å². The van der Waals surface area contributed by atoms with Crippen molar-refractivity contribution in [1.29, 1.82) is 0 Å². The summed E-state index contributed by atoms with van der Waals surface area (Å²) in [5, 5.41) is 19.9. The van der Waals surface area contributed by atoms with Crippen molar-refractivity contribution in [1.82, 2.24) is 31.3 Å². The molecule has 0 saturated carbocycles. The van der Waals surface area contributed by atoms with Crippen LogP contribution < -0.4 is 15.4 Å². The predicted octanol–water partition coefficient (Wildman–Crippen LogP) is 0.0686. The van der Waals surface area contributed by atoms with Gasteiger partial charge in [0.25, 0.3) is 5.91 Å². The number of rotatable bonds is 1. The van der Waals surface area contributed by atoms with Crippen LogP contribution in [0.25, 0.3) is 11.4 Å². The van der Waals surface area contributed by atoms with Gasteiger partial charge in [0.1, 0.15) is 5.75 Å². The van der Waals surface area contributed by atoms with E-state index in [1.54, 1.807) is 12.1 Å². The highest BCUT2D eigenvalue weighted by atomic mass is 16.5. The van der Waals surface area contributed by atoms with E-state index in [1.807, 2.05) is 6.07 Å². The van der Waals surface area contributed by atoms with Gasteiger partial charge in [0.2, 0.25) is 0 Å². The van der Waals surface area contributed by atoms with Gasteiger partial charge in [0.15, 0.2) is 11.5 Å². The molecule has 2 aliphatic rings. The SMILES string of the molecule is O=C1NC2(CCNCC2)Oc2ccc(-c3nnn[nH]3)cc21. The molecule has 0 unspecified atom stereocenters. The second kappa shape index (κ2) is 4.52. The Morgan fingerprint density at radius 1 is 1.24 bits per heavy atom. The van der Waals surface area contributed by atoms with E-state index in [0.29, 0.717) is 17.1 Å². The highest BCUT2D eigenvalue weighted by molar-refractivity contribution is 5.99. The minimum atomic E-state index is -0.579. The maximum absolute atomic E-state index is 12.4. The Morgan fingerprint density at radius 3 is 2.86 bits per heavy atom. The monoisotopic (exact) mass is 286 g/mol. The highest BCUT2D eigenvalue weighted by Gasteiger charge is 2.40. The van der Waals surface area contributed by atoms with E-state index in [-0.39, 0.29) is 5.91 Å². The zero-order chi connectivity index (χ0) is 14.3. The van der Waals surface area contributed by atoms with Gasteiger partial charge in [-0.25, -0.2) is 5.10 Å². The van der Waals surface area contributed by atoms with Crippen LogP contribution in [-0.2, 0) is 0 Å². The molecule has 0 bridgehead atoms. The number of aromatic amines is 1. The third-order valence-electron chi connectivity index (χ3n) is 3.90. The summed E-state index contributed by atoms with van der Waals surface area (Å²) in [6, 6.07) is 5.38. The van der Waals surface area contributed by atoms with Crippen molar-refractivity contribution in [2.24, 2.45) is 0 Å². The summed E-state index contributed by atoms with van der Waals surface area (Å²) in [6.45, 7) is 1.66. The van der Waals surface area contributed by atoms with Crippen LogP contribution in [0.1, 0.15) is 23.2 Å². The number of hydrogen-bond acceptors (Lipinski definition) is 6. The number of ether oxygens (including phenoxy) is 1. The second-order valence-electron chi connectivity index (χ2n) is 5.26. The maximum atomic E-state index is 12.4. The fraction of sp³-hybridized carbons (Fsp3) is 0.385. The number of tetrazole rings is 1. The number of carbonyl (C=O) groups is 1. The number of nitrogens with one attached hydrogen (secondary N) is 3. The first-order valence-electron chi connectivity index (χ1n) is 6.86. The normalized spacial score (nSPS) is 19.7. The number of amides is 1. The van der Waals surface area contributed by atoms with E-state index >= 15 is 0 Å². The molecule has 1 aromatic heterocycles. The summed E-state index contributed by atoms with van der Waals surface area (Å²) in [5.74, 6) is 1.01. The molecule has 2 aliphatic heterocycles. The standard InChI is InChI=1S/C13H14N6O2/c20-12-9-7-8(11-16-18-19-17-11)1-2-10(9)21-13(15-12)3-5-14-6-4-13/h1-2,7,14H,3-6H2,(H,15,20)(H,16,17,18,19). The first-order valence-corrected chi connectivity index (χ1v) is 6.86. The lowest BCUT2D eigenvalue weighted by Gasteiger charge is -2.41. The van der Waals surface area contributed by atoms with Crippen LogP contribution in [0.4, 0.5) is 0 Å². The van der Waals surface area contributed by atoms with E-state index in [4.69, 9.17) is 4.74 Å². The second-order valence-corrected chi connectivity index (χ2v) is 5.26. The largest absolute Gasteiger partial charge is 0.467 e. The molecule has 21 heavy (non-hydrogen) atoms. The van der Waals surface area contributed by atoms with Crippen LogP contribution in [-0.4, -0.2) is 45.3 Å². The topological polar surface area (TPSA) is 105 Å². The van der Waals surface area contributed by atoms with Crippen LogP contribution in [0.2, 0.25) is 0 Å². The Bertz CT molecular complexity index is 678. The Balaban J connectivity index is 1.71. The van der Waals surface area contributed by atoms with Crippen molar-refractivity contribution >= 4 is 5.91 Å². The molecule has 0 radical (unpaired) electrons. The lowest BCUT2D eigenvalue weighted by atomic mass is 9.97. The molecular weight excluding hydrogens is 272 g/mol. The Kier molecular flexibility index (Phi) is 2.64. The lowest BCUT2D eigenvalue weighted by Crippen LogP contribution is -2.60. The van der Waals surface area contributed by atoms with Gasteiger partial charge in [-0.05, 0) is 28.6 Å². The summed E-state index contributed by atoms with van der Waals surface area (Å²) >= 11 is 0. The maximum Gasteiger partial charge on any atom is 0.258 e. The zero-order valence-corrected chi connectivity index (χ0v) is 11.2. The van der Waals surface area contributed by atoms with E-state index in [1.165, 1.54) is 0 Å². The van der Waals surface area contributed by atoms with Crippen molar-refractivity contribution in [2.45, 2.75) is 18.6 Å². The third-order valence-corrected chi connectivity index (χ3v) is 3.90. The number of hydrogen-bond donors (Lipinski definition) is 3. The lowest BCUT2D eigenvalue weighted by molar-refractivity contribution is -0.00350. The molecule has 3 N–H and O–H groups in total. The van der Waals surface area contributed by atoms with Crippen molar-refractivity contribution < 1.29 is 9.53 Å². The quantitative estimate of drug-likeness (QED) is 0.685. The number of aromatic nitrogens is 4. The molecule has 1 amide bonds. The first kappa shape index (κ1) is 12.3. The van der Waals surface area contributed by atoms with E-state index < -0.39 is 5.72 Å². The minimum Gasteiger partial charge on any atom is -0.467 e. The van der Waals surface area contributed by atoms with Crippen LogP contribution in [0.3, 0.4) is 0 Å². The summed E-state index contributed by atoms with van der Waals surface area (Å²) in [6.07, 6.45) is 1.51. The van der Waals surface area contributed by atoms with Gasteiger partial charge in [0, 0.05) is 31.5 Å². The molecular formula is C13H14N6O2. The fourth-order valence-electron chi connectivity index (χ4n) is 2.79. The number of piperidine rings is 1. The first-order chi connectivity index (χ1) is 10.3. The fourth-order valence-corrected chi connectivity index (χ4v) is 2.79. The molecule has 1 fully saturated rings. The van der Waals surface area contributed by atoms with Crippen molar-refractivity contribution in [3.8, 4) is 17.1 Å². The van der Waals surface area contributed by atoms with Gasteiger partial charge < -0.3 is 15.4 Å². The van der Waals surface area contributed by atoms with Gasteiger partial charge in [-0.1, -0.05) is 0 Å². The Hall–Kier alpha value is -2.48. The Labute approximate surface area is 120 Å². The smallest absolute Gasteiger partial charge is 0.258 e. The molecule has 2 aromatic rings. The number of nitrogens with zero attached hydrogens (tertiary/aromatic N) is 3.